The van der Waals surface area contributed by atoms with Gasteiger partial charge in [-0.05, 0) is 25.0 Å². The number of nitrogens with zero attached hydrogens (tertiary/aromatic N) is 5. The third kappa shape index (κ3) is 2.42. The minimum Gasteiger partial charge on any atom is -0.381 e. The predicted molar refractivity (Wildman–Crippen MR) is 81.7 cm³/mol. The maximum Gasteiger partial charge on any atom is 0.162 e. The third-order valence-corrected chi connectivity index (χ3v) is 4.00. The van der Waals surface area contributed by atoms with E-state index in [1.165, 1.54) is 0 Å². The fourth-order valence-corrected chi connectivity index (χ4v) is 2.84. The molecule has 0 saturated carbocycles. The molecule has 0 spiro atoms. The van der Waals surface area contributed by atoms with Crippen LogP contribution in [0.5, 0.6) is 0 Å². The van der Waals surface area contributed by atoms with E-state index in [1.54, 1.807) is 4.68 Å². The van der Waals surface area contributed by atoms with Crippen LogP contribution in [0.25, 0.3) is 17.2 Å². The largest absolute Gasteiger partial charge is 0.381 e. The van der Waals surface area contributed by atoms with Crippen LogP contribution in [-0.2, 0) is 4.74 Å². The van der Waals surface area contributed by atoms with E-state index in [4.69, 9.17) is 4.74 Å². The highest BCUT2D eigenvalue weighted by molar-refractivity contribution is 5.49. The fraction of sp³-hybridized carbons (Fsp3) is 0.312. The summed E-state index contributed by atoms with van der Waals surface area (Å²) in [6.07, 6.45) is 7.79. The van der Waals surface area contributed by atoms with Crippen LogP contribution in [0.2, 0.25) is 0 Å². The molecule has 0 amide bonds. The van der Waals surface area contributed by atoms with E-state index in [-0.39, 0.29) is 0 Å². The monoisotopic (exact) mass is 295 g/mol. The quantitative estimate of drug-likeness (QED) is 0.745. The fourth-order valence-electron chi connectivity index (χ4n) is 2.84. The van der Waals surface area contributed by atoms with Crippen LogP contribution < -0.4 is 0 Å². The number of para-hydroxylation sites is 1. The van der Waals surface area contributed by atoms with E-state index in [1.807, 2.05) is 48.9 Å². The highest BCUT2D eigenvalue weighted by Crippen LogP contribution is 2.26. The van der Waals surface area contributed by atoms with Crippen molar-refractivity contribution in [1.29, 1.82) is 0 Å². The van der Waals surface area contributed by atoms with E-state index in [9.17, 15) is 0 Å². The highest BCUT2D eigenvalue weighted by Gasteiger charge is 2.20. The summed E-state index contributed by atoms with van der Waals surface area (Å²) in [5.41, 5.74) is 1.78. The predicted octanol–water partition coefficient (Wildman–Crippen LogP) is 2.48. The Kier molecular flexibility index (Phi) is 3.44. The van der Waals surface area contributed by atoms with Crippen molar-refractivity contribution in [3.8, 4) is 17.2 Å². The number of imidazole rings is 1. The van der Waals surface area contributed by atoms with E-state index in [2.05, 4.69) is 19.9 Å². The number of ether oxygens (including phenoxy) is 1. The van der Waals surface area contributed by atoms with E-state index in [0.717, 1.165) is 43.3 Å². The first kappa shape index (κ1) is 13.2. The van der Waals surface area contributed by atoms with E-state index in [0.29, 0.717) is 6.04 Å². The van der Waals surface area contributed by atoms with Crippen molar-refractivity contribution in [2.75, 3.05) is 13.2 Å². The summed E-state index contributed by atoms with van der Waals surface area (Å²) in [4.78, 5) is 4.47. The molecule has 6 nitrogen and oxygen atoms in total. The van der Waals surface area contributed by atoms with Crippen LogP contribution in [0, 0.1) is 0 Å². The summed E-state index contributed by atoms with van der Waals surface area (Å²) in [5, 5.41) is 8.51. The molecule has 3 aromatic rings. The lowest BCUT2D eigenvalue weighted by Gasteiger charge is -2.24. The molecule has 0 radical (unpaired) electrons. The Hall–Kier alpha value is -2.47. The molecule has 1 saturated heterocycles. The molecule has 112 valence electrons. The van der Waals surface area contributed by atoms with Crippen LogP contribution in [0.4, 0.5) is 0 Å². The van der Waals surface area contributed by atoms with Crippen LogP contribution in [0.3, 0.4) is 0 Å². The maximum absolute atomic E-state index is 5.44. The first-order valence-electron chi connectivity index (χ1n) is 7.50. The third-order valence-electron chi connectivity index (χ3n) is 4.00. The molecule has 1 aliphatic rings. The van der Waals surface area contributed by atoms with Crippen molar-refractivity contribution in [3.05, 3.63) is 48.9 Å². The molecule has 6 heteroatoms. The van der Waals surface area contributed by atoms with Gasteiger partial charge in [-0.3, -0.25) is 0 Å². The molecule has 2 aromatic heterocycles. The molecule has 1 aromatic carbocycles. The molecule has 1 fully saturated rings. The van der Waals surface area contributed by atoms with Gasteiger partial charge in [0.2, 0.25) is 0 Å². The standard InChI is InChI=1S/C16H17N5O/c1-2-4-14(5-3-1)21-12-15(18-19-21)16-17-8-9-20(16)13-6-10-22-11-7-13/h1-5,8-9,12-13H,6-7,10-11H2. The molecule has 3 heterocycles. The summed E-state index contributed by atoms with van der Waals surface area (Å²) in [6.45, 7) is 1.61. The zero-order valence-electron chi connectivity index (χ0n) is 12.2. The lowest BCUT2D eigenvalue weighted by atomic mass is 10.1. The Morgan fingerprint density at radius 1 is 1.09 bits per heavy atom. The Labute approximate surface area is 128 Å². The maximum atomic E-state index is 5.44. The van der Waals surface area contributed by atoms with E-state index >= 15 is 0 Å². The summed E-state index contributed by atoms with van der Waals surface area (Å²) in [5.74, 6) is 0.870. The smallest absolute Gasteiger partial charge is 0.162 e. The molecule has 22 heavy (non-hydrogen) atoms. The van der Waals surface area contributed by atoms with Crippen LogP contribution in [-0.4, -0.2) is 37.8 Å². The molecule has 0 unspecified atom stereocenters. The SMILES string of the molecule is c1ccc(-n2cc(-c3nccn3C3CCOCC3)nn2)cc1. The van der Waals surface area contributed by atoms with Gasteiger partial charge in [0.15, 0.2) is 5.82 Å². The second kappa shape index (κ2) is 5.73. The molecular formula is C16H17N5O. The highest BCUT2D eigenvalue weighted by atomic mass is 16.5. The average molecular weight is 295 g/mol. The summed E-state index contributed by atoms with van der Waals surface area (Å²) >= 11 is 0. The van der Waals surface area contributed by atoms with Gasteiger partial charge in [-0.15, -0.1) is 5.10 Å². The number of benzene rings is 1. The lowest BCUT2D eigenvalue weighted by Crippen LogP contribution is -2.19. The molecule has 4 rings (SSSR count). The van der Waals surface area contributed by atoms with Gasteiger partial charge in [-0.25, -0.2) is 9.67 Å². The Bertz CT molecular complexity index is 743. The number of hydrogen-bond donors (Lipinski definition) is 0. The Balaban J connectivity index is 1.66. The molecular weight excluding hydrogens is 278 g/mol. The molecule has 0 N–H and O–H groups in total. The zero-order valence-corrected chi connectivity index (χ0v) is 12.2. The van der Waals surface area contributed by atoms with Gasteiger partial charge in [-0.2, -0.15) is 0 Å². The van der Waals surface area contributed by atoms with Crippen molar-refractivity contribution >= 4 is 0 Å². The van der Waals surface area contributed by atoms with Gasteiger partial charge in [0, 0.05) is 31.6 Å². The minimum absolute atomic E-state index is 0.424. The summed E-state index contributed by atoms with van der Waals surface area (Å²) in [7, 11) is 0. The van der Waals surface area contributed by atoms with Crippen molar-refractivity contribution in [2.45, 2.75) is 18.9 Å². The first-order valence-corrected chi connectivity index (χ1v) is 7.50. The van der Waals surface area contributed by atoms with Crippen LogP contribution in [0.1, 0.15) is 18.9 Å². The lowest BCUT2D eigenvalue weighted by molar-refractivity contribution is 0.0700. The molecule has 0 aliphatic carbocycles. The second-order valence-electron chi connectivity index (χ2n) is 5.39. The van der Waals surface area contributed by atoms with Gasteiger partial charge < -0.3 is 9.30 Å². The first-order chi connectivity index (χ1) is 10.9. The van der Waals surface area contributed by atoms with Crippen molar-refractivity contribution in [3.63, 3.8) is 0 Å². The van der Waals surface area contributed by atoms with Gasteiger partial charge >= 0.3 is 0 Å². The Morgan fingerprint density at radius 3 is 2.73 bits per heavy atom. The minimum atomic E-state index is 0.424. The molecule has 0 bridgehead atoms. The number of aromatic nitrogens is 5. The van der Waals surface area contributed by atoms with Crippen molar-refractivity contribution in [2.24, 2.45) is 0 Å². The topological polar surface area (TPSA) is 57.8 Å². The number of hydrogen-bond acceptors (Lipinski definition) is 4. The Morgan fingerprint density at radius 2 is 1.91 bits per heavy atom. The number of rotatable bonds is 3. The average Bonchev–Trinajstić information content (AvgIpc) is 3.25. The van der Waals surface area contributed by atoms with Gasteiger partial charge in [0.1, 0.15) is 5.69 Å². The second-order valence-corrected chi connectivity index (χ2v) is 5.39. The molecule has 1 aliphatic heterocycles. The van der Waals surface area contributed by atoms with E-state index < -0.39 is 0 Å². The zero-order chi connectivity index (χ0) is 14.8. The van der Waals surface area contributed by atoms with Crippen LogP contribution in [0.15, 0.2) is 48.9 Å². The van der Waals surface area contributed by atoms with Crippen LogP contribution >= 0.6 is 0 Å². The van der Waals surface area contributed by atoms with Gasteiger partial charge in [0.05, 0.1) is 11.9 Å². The normalized spacial score (nSPS) is 16.0. The van der Waals surface area contributed by atoms with Gasteiger partial charge in [-0.1, -0.05) is 23.4 Å². The van der Waals surface area contributed by atoms with Crippen molar-refractivity contribution in [1.82, 2.24) is 24.5 Å². The van der Waals surface area contributed by atoms with Gasteiger partial charge in [0.25, 0.3) is 0 Å². The summed E-state index contributed by atoms with van der Waals surface area (Å²) in [6, 6.07) is 10.4. The van der Waals surface area contributed by atoms with Crippen molar-refractivity contribution < 1.29 is 4.74 Å². The molecule has 0 atom stereocenters. The summed E-state index contributed by atoms with van der Waals surface area (Å²) < 4.78 is 9.41.